The Morgan fingerprint density at radius 3 is 2.89 bits per heavy atom. The minimum Gasteiger partial charge on any atom is -0.441 e. The third-order valence-electron chi connectivity index (χ3n) is 4.20. The lowest BCUT2D eigenvalue weighted by Gasteiger charge is -2.34. The Kier molecular flexibility index (Phi) is 3.14. The Morgan fingerprint density at radius 2 is 2.26 bits per heavy atom. The molecule has 1 saturated heterocycles. The zero-order valence-corrected chi connectivity index (χ0v) is 10.8. The summed E-state index contributed by atoms with van der Waals surface area (Å²) in [5, 5.41) is 9.18. The van der Waals surface area contributed by atoms with Gasteiger partial charge in [0.05, 0.1) is 18.4 Å². The molecule has 1 aromatic heterocycles. The minimum atomic E-state index is -0.363. The van der Waals surface area contributed by atoms with Crippen molar-refractivity contribution in [1.82, 2.24) is 4.98 Å². The van der Waals surface area contributed by atoms with Crippen molar-refractivity contribution in [3.05, 3.63) is 24.5 Å². The fourth-order valence-corrected chi connectivity index (χ4v) is 2.98. The smallest absolute Gasteiger partial charge is 0.415 e. The van der Waals surface area contributed by atoms with Crippen molar-refractivity contribution in [1.29, 1.82) is 0 Å². The lowest BCUT2D eigenvalue weighted by Crippen LogP contribution is -2.39. The summed E-state index contributed by atoms with van der Waals surface area (Å²) < 4.78 is 5.63. The number of aromatic nitrogens is 1. The van der Waals surface area contributed by atoms with Gasteiger partial charge in [-0.2, -0.15) is 0 Å². The van der Waals surface area contributed by atoms with Crippen LogP contribution in [0, 0.1) is 5.92 Å². The summed E-state index contributed by atoms with van der Waals surface area (Å²) in [6.07, 6.45) is 6.60. The molecule has 5 heteroatoms. The van der Waals surface area contributed by atoms with E-state index in [-0.39, 0.29) is 18.3 Å². The summed E-state index contributed by atoms with van der Waals surface area (Å²) in [4.78, 5) is 17.7. The van der Waals surface area contributed by atoms with Crippen molar-refractivity contribution >= 4 is 11.8 Å². The van der Waals surface area contributed by atoms with Crippen LogP contribution in [0.2, 0.25) is 0 Å². The summed E-state index contributed by atoms with van der Waals surface area (Å²) in [5.74, 6) is 0.358. The summed E-state index contributed by atoms with van der Waals surface area (Å²) >= 11 is 0. The lowest BCUT2D eigenvalue weighted by molar-refractivity contribution is 0.00558. The average molecular weight is 262 g/mol. The SMILES string of the molecule is O=C1O[C@]2(CC[C@H](CO)CC2)CN1c1cccnc1. The second-order valence-electron chi connectivity index (χ2n) is 5.47. The maximum atomic E-state index is 12.0. The van der Waals surface area contributed by atoms with E-state index in [9.17, 15) is 9.90 Å². The first-order chi connectivity index (χ1) is 9.22. The van der Waals surface area contributed by atoms with E-state index in [0.29, 0.717) is 12.5 Å². The van der Waals surface area contributed by atoms with Gasteiger partial charge >= 0.3 is 6.09 Å². The number of aliphatic hydroxyl groups is 1. The monoisotopic (exact) mass is 262 g/mol. The van der Waals surface area contributed by atoms with Crippen molar-refractivity contribution in [2.45, 2.75) is 31.3 Å². The van der Waals surface area contributed by atoms with Crippen LogP contribution in [-0.4, -0.2) is 34.9 Å². The molecule has 0 atom stereocenters. The predicted molar refractivity (Wildman–Crippen MR) is 69.8 cm³/mol. The number of hydrogen-bond donors (Lipinski definition) is 1. The number of aliphatic hydroxyl groups excluding tert-OH is 1. The summed E-state index contributed by atoms with van der Waals surface area (Å²) in [6, 6.07) is 3.68. The number of anilines is 1. The number of ether oxygens (including phenoxy) is 1. The van der Waals surface area contributed by atoms with Gasteiger partial charge in [0.2, 0.25) is 0 Å². The minimum absolute atomic E-state index is 0.232. The molecular weight excluding hydrogens is 244 g/mol. The van der Waals surface area contributed by atoms with Gasteiger partial charge in [0, 0.05) is 12.8 Å². The molecule has 1 amide bonds. The van der Waals surface area contributed by atoms with Crippen LogP contribution in [0.4, 0.5) is 10.5 Å². The first kappa shape index (κ1) is 12.4. The Labute approximate surface area is 112 Å². The molecule has 3 rings (SSSR count). The van der Waals surface area contributed by atoms with Crippen LogP contribution >= 0.6 is 0 Å². The largest absolute Gasteiger partial charge is 0.441 e. The number of rotatable bonds is 2. The second-order valence-corrected chi connectivity index (χ2v) is 5.47. The molecule has 2 heterocycles. The molecular formula is C14H18N2O3. The fraction of sp³-hybridized carbons (Fsp3) is 0.571. The van der Waals surface area contributed by atoms with Gasteiger partial charge in [0.1, 0.15) is 5.60 Å². The van der Waals surface area contributed by atoms with Crippen LogP contribution in [0.1, 0.15) is 25.7 Å². The molecule has 0 radical (unpaired) electrons. The van der Waals surface area contributed by atoms with E-state index in [4.69, 9.17) is 4.74 Å². The third-order valence-corrected chi connectivity index (χ3v) is 4.20. The molecule has 1 aliphatic heterocycles. The van der Waals surface area contributed by atoms with Crippen molar-refractivity contribution in [3.8, 4) is 0 Å². The Morgan fingerprint density at radius 1 is 1.47 bits per heavy atom. The number of hydrogen-bond acceptors (Lipinski definition) is 4. The van der Waals surface area contributed by atoms with Gasteiger partial charge in [0.25, 0.3) is 0 Å². The van der Waals surface area contributed by atoms with Gasteiger partial charge in [-0.25, -0.2) is 4.79 Å². The number of nitrogens with zero attached hydrogens (tertiary/aromatic N) is 2. The van der Waals surface area contributed by atoms with Crippen molar-refractivity contribution in [2.75, 3.05) is 18.1 Å². The average Bonchev–Trinajstić information content (AvgIpc) is 2.77. The topological polar surface area (TPSA) is 62.7 Å². The lowest BCUT2D eigenvalue weighted by atomic mass is 9.79. The van der Waals surface area contributed by atoms with E-state index in [1.165, 1.54) is 0 Å². The molecule has 1 N–H and O–H groups in total. The van der Waals surface area contributed by atoms with Crippen LogP contribution < -0.4 is 4.90 Å². The highest BCUT2D eigenvalue weighted by Gasteiger charge is 2.47. The van der Waals surface area contributed by atoms with Crippen LogP contribution in [0.3, 0.4) is 0 Å². The molecule has 102 valence electrons. The zero-order chi connectivity index (χ0) is 13.3. The van der Waals surface area contributed by atoms with Gasteiger partial charge in [-0.05, 0) is 43.7 Å². The Hall–Kier alpha value is -1.62. The second kappa shape index (κ2) is 4.81. The highest BCUT2D eigenvalue weighted by molar-refractivity contribution is 5.90. The van der Waals surface area contributed by atoms with Crippen LogP contribution in [-0.2, 0) is 4.74 Å². The third kappa shape index (κ3) is 2.30. The molecule has 19 heavy (non-hydrogen) atoms. The van der Waals surface area contributed by atoms with E-state index in [1.807, 2.05) is 12.1 Å². The summed E-state index contributed by atoms with van der Waals surface area (Å²) in [7, 11) is 0. The first-order valence-electron chi connectivity index (χ1n) is 6.74. The highest BCUT2D eigenvalue weighted by Crippen LogP contribution is 2.40. The Balaban J connectivity index is 1.74. The first-order valence-corrected chi connectivity index (χ1v) is 6.74. The van der Waals surface area contributed by atoms with E-state index in [2.05, 4.69) is 4.98 Å². The molecule has 0 bridgehead atoms. The van der Waals surface area contributed by atoms with E-state index < -0.39 is 0 Å². The maximum Gasteiger partial charge on any atom is 0.415 e. The van der Waals surface area contributed by atoms with Crippen molar-refractivity contribution < 1.29 is 14.6 Å². The van der Waals surface area contributed by atoms with Crippen molar-refractivity contribution in [2.24, 2.45) is 5.92 Å². The van der Waals surface area contributed by atoms with Gasteiger partial charge in [-0.15, -0.1) is 0 Å². The molecule has 0 unspecified atom stereocenters. The standard InChI is InChI=1S/C14H18N2O3/c17-9-11-3-5-14(6-4-11)10-16(13(18)19-14)12-2-1-7-15-8-12/h1-2,7-8,11,17H,3-6,9-10H2/t11-,14-. The number of carbonyl (C=O) groups is 1. The predicted octanol–water partition coefficient (Wildman–Crippen LogP) is 1.96. The molecule has 5 nitrogen and oxygen atoms in total. The normalized spacial score (nSPS) is 30.7. The fourth-order valence-electron chi connectivity index (χ4n) is 2.98. The van der Waals surface area contributed by atoms with Crippen LogP contribution in [0.5, 0.6) is 0 Å². The maximum absolute atomic E-state index is 12.0. The van der Waals surface area contributed by atoms with Crippen LogP contribution in [0.25, 0.3) is 0 Å². The summed E-state index contributed by atoms with van der Waals surface area (Å²) in [6.45, 7) is 0.825. The van der Waals surface area contributed by atoms with Crippen molar-refractivity contribution in [3.63, 3.8) is 0 Å². The molecule has 2 fully saturated rings. The molecule has 1 aromatic rings. The van der Waals surface area contributed by atoms with Gasteiger partial charge in [-0.3, -0.25) is 9.88 Å². The highest BCUT2D eigenvalue weighted by atomic mass is 16.6. The van der Waals surface area contributed by atoms with Crippen LogP contribution in [0.15, 0.2) is 24.5 Å². The van der Waals surface area contributed by atoms with E-state index in [1.54, 1.807) is 17.3 Å². The number of pyridine rings is 1. The van der Waals surface area contributed by atoms with Gasteiger partial charge in [-0.1, -0.05) is 0 Å². The molecule has 0 aromatic carbocycles. The van der Waals surface area contributed by atoms with E-state index in [0.717, 1.165) is 31.4 Å². The van der Waals surface area contributed by atoms with Gasteiger partial charge < -0.3 is 9.84 Å². The van der Waals surface area contributed by atoms with E-state index >= 15 is 0 Å². The number of carbonyl (C=O) groups excluding carboxylic acids is 1. The number of amides is 1. The quantitative estimate of drug-likeness (QED) is 0.885. The molecule has 1 saturated carbocycles. The molecule has 2 aliphatic rings. The zero-order valence-electron chi connectivity index (χ0n) is 10.8. The van der Waals surface area contributed by atoms with Gasteiger partial charge in [0.15, 0.2) is 0 Å². The Bertz CT molecular complexity index is 455. The molecule has 1 spiro atoms. The summed E-state index contributed by atoms with van der Waals surface area (Å²) in [5.41, 5.74) is 0.423. The molecule has 1 aliphatic carbocycles.